The number of ether oxygens (including phenoxy) is 1. The van der Waals surface area contributed by atoms with E-state index in [-0.39, 0.29) is 5.91 Å². The van der Waals surface area contributed by atoms with Crippen molar-refractivity contribution >= 4 is 28.5 Å². The zero-order valence-corrected chi connectivity index (χ0v) is 13.0. The van der Waals surface area contributed by atoms with E-state index in [4.69, 9.17) is 4.74 Å². The van der Waals surface area contributed by atoms with Gasteiger partial charge in [-0.15, -0.1) is 10.2 Å². The summed E-state index contributed by atoms with van der Waals surface area (Å²) in [4.78, 5) is 11.8. The first-order valence-corrected chi connectivity index (χ1v) is 7.36. The molecule has 0 saturated carbocycles. The van der Waals surface area contributed by atoms with Gasteiger partial charge < -0.3 is 4.74 Å². The summed E-state index contributed by atoms with van der Waals surface area (Å²) in [6.45, 7) is 4.07. The lowest BCUT2D eigenvalue weighted by Gasteiger charge is -1.99. The first kappa shape index (κ1) is 15.2. The van der Waals surface area contributed by atoms with Gasteiger partial charge in [-0.2, -0.15) is 0 Å². The van der Waals surface area contributed by atoms with Gasteiger partial charge in [-0.05, 0) is 23.8 Å². The molecule has 1 amide bonds. The van der Waals surface area contributed by atoms with E-state index >= 15 is 0 Å². The topological polar surface area (TPSA) is 64.1 Å². The smallest absolute Gasteiger partial charge is 0.250 e. The van der Waals surface area contributed by atoms with Crippen LogP contribution in [-0.4, -0.2) is 23.2 Å². The van der Waals surface area contributed by atoms with E-state index in [9.17, 15) is 4.79 Å². The summed E-state index contributed by atoms with van der Waals surface area (Å²) in [6, 6.07) is 7.45. The third kappa shape index (κ3) is 4.39. The third-order valence-corrected chi connectivity index (χ3v) is 3.85. The van der Waals surface area contributed by atoms with Crippen LogP contribution in [0.15, 0.2) is 30.3 Å². The molecule has 1 aromatic carbocycles. The van der Waals surface area contributed by atoms with Crippen molar-refractivity contribution in [3.8, 4) is 5.75 Å². The molecule has 6 heteroatoms. The van der Waals surface area contributed by atoms with Gasteiger partial charge in [0.1, 0.15) is 10.8 Å². The fourth-order valence-electron chi connectivity index (χ4n) is 1.55. The van der Waals surface area contributed by atoms with Gasteiger partial charge in [-0.3, -0.25) is 10.1 Å². The molecule has 21 heavy (non-hydrogen) atoms. The molecule has 0 radical (unpaired) electrons. The van der Waals surface area contributed by atoms with E-state index in [0.29, 0.717) is 11.0 Å². The molecule has 1 N–H and O–H groups in total. The minimum absolute atomic E-state index is 0.225. The molecular weight excluding hydrogens is 286 g/mol. The average Bonchev–Trinajstić information content (AvgIpc) is 2.94. The number of aromatic nitrogens is 2. The molecule has 2 rings (SSSR count). The van der Waals surface area contributed by atoms with Crippen LogP contribution in [0.4, 0.5) is 5.13 Å². The number of benzene rings is 1. The first-order valence-electron chi connectivity index (χ1n) is 6.55. The number of hydrogen-bond acceptors (Lipinski definition) is 5. The molecule has 0 bridgehead atoms. The zero-order chi connectivity index (χ0) is 15.2. The van der Waals surface area contributed by atoms with Crippen molar-refractivity contribution in [3.63, 3.8) is 0 Å². The summed E-state index contributed by atoms with van der Waals surface area (Å²) in [5, 5.41) is 12.1. The van der Waals surface area contributed by atoms with Crippen molar-refractivity contribution in [2.45, 2.75) is 19.8 Å². The molecule has 0 spiro atoms. The molecule has 0 aliphatic carbocycles. The molecule has 2 aromatic rings. The number of carbonyl (C=O) groups excluding carboxylic acids is 1. The van der Waals surface area contributed by atoms with Crippen molar-refractivity contribution in [2.75, 3.05) is 12.4 Å². The maximum Gasteiger partial charge on any atom is 0.250 e. The summed E-state index contributed by atoms with van der Waals surface area (Å²) in [6.07, 6.45) is 3.21. The van der Waals surface area contributed by atoms with Crippen LogP contribution >= 0.6 is 11.3 Å². The fraction of sp³-hybridized carbons (Fsp3) is 0.267. The summed E-state index contributed by atoms with van der Waals surface area (Å²) < 4.78 is 5.08. The molecule has 0 atom stereocenters. The minimum Gasteiger partial charge on any atom is -0.497 e. The minimum atomic E-state index is -0.225. The molecule has 0 aliphatic rings. The van der Waals surface area contributed by atoms with Gasteiger partial charge in [0.25, 0.3) is 0 Å². The second-order valence-electron chi connectivity index (χ2n) is 4.70. The molecular formula is C15H17N3O2S. The van der Waals surface area contributed by atoms with Gasteiger partial charge in [-0.1, -0.05) is 37.3 Å². The van der Waals surface area contributed by atoms with Crippen molar-refractivity contribution in [3.05, 3.63) is 40.9 Å². The number of nitrogens with one attached hydrogen (secondary N) is 1. The van der Waals surface area contributed by atoms with E-state index < -0.39 is 0 Å². The monoisotopic (exact) mass is 303 g/mol. The van der Waals surface area contributed by atoms with Crippen molar-refractivity contribution in [1.29, 1.82) is 0 Å². The van der Waals surface area contributed by atoms with Gasteiger partial charge in [0.2, 0.25) is 11.0 Å². The van der Waals surface area contributed by atoms with E-state index in [1.807, 2.05) is 38.1 Å². The van der Waals surface area contributed by atoms with Crippen LogP contribution in [0.1, 0.15) is 30.3 Å². The maximum absolute atomic E-state index is 11.8. The van der Waals surface area contributed by atoms with E-state index in [1.54, 1.807) is 13.2 Å². The van der Waals surface area contributed by atoms with Gasteiger partial charge in [0.05, 0.1) is 7.11 Å². The molecule has 0 saturated heterocycles. The number of hydrogen-bond donors (Lipinski definition) is 1. The Morgan fingerprint density at radius 3 is 2.57 bits per heavy atom. The lowest BCUT2D eigenvalue weighted by Crippen LogP contribution is -2.07. The maximum atomic E-state index is 11.8. The Labute approximate surface area is 127 Å². The highest BCUT2D eigenvalue weighted by Crippen LogP contribution is 2.22. The molecule has 110 valence electrons. The van der Waals surface area contributed by atoms with Gasteiger partial charge in [0.15, 0.2) is 0 Å². The Morgan fingerprint density at radius 2 is 2.00 bits per heavy atom. The van der Waals surface area contributed by atoms with Crippen LogP contribution in [-0.2, 0) is 4.79 Å². The van der Waals surface area contributed by atoms with Crippen molar-refractivity contribution in [1.82, 2.24) is 10.2 Å². The Morgan fingerprint density at radius 1 is 1.29 bits per heavy atom. The summed E-state index contributed by atoms with van der Waals surface area (Å²) in [7, 11) is 1.62. The third-order valence-electron chi connectivity index (χ3n) is 2.71. The zero-order valence-electron chi connectivity index (χ0n) is 12.2. The number of rotatable bonds is 5. The van der Waals surface area contributed by atoms with E-state index in [0.717, 1.165) is 16.3 Å². The van der Waals surface area contributed by atoms with E-state index in [2.05, 4.69) is 15.5 Å². The summed E-state index contributed by atoms with van der Waals surface area (Å²) in [5.41, 5.74) is 0.922. The molecule has 1 aromatic heterocycles. The quantitative estimate of drug-likeness (QED) is 0.861. The molecule has 0 aliphatic heterocycles. The summed E-state index contributed by atoms with van der Waals surface area (Å²) >= 11 is 1.39. The van der Waals surface area contributed by atoms with E-state index in [1.165, 1.54) is 17.4 Å². The highest BCUT2D eigenvalue weighted by atomic mass is 32.1. The molecule has 0 fully saturated rings. The van der Waals surface area contributed by atoms with Crippen molar-refractivity contribution in [2.24, 2.45) is 0 Å². The van der Waals surface area contributed by atoms with Gasteiger partial charge >= 0.3 is 0 Å². The number of amides is 1. The predicted octanol–water partition coefficient (Wildman–Crippen LogP) is 3.32. The first-order chi connectivity index (χ1) is 10.1. The number of carbonyl (C=O) groups is 1. The Hall–Kier alpha value is -2.21. The molecule has 0 unspecified atom stereocenters. The molecule has 1 heterocycles. The Balaban J connectivity index is 1.95. The number of anilines is 1. The predicted molar refractivity (Wildman–Crippen MR) is 84.7 cm³/mol. The summed E-state index contributed by atoms with van der Waals surface area (Å²) in [5.74, 6) is 0.868. The fourth-order valence-corrected chi connectivity index (χ4v) is 2.30. The Bertz CT molecular complexity index is 633. The van der Waals surface area contributed by atoms with Gasteiger partial charge in [-0.25, -0.2) is 0 Å². The average molecular weight is 303 g/mol. The normalized spacial score (nSPS) is 11.0. The SMILES string of the molecule is COc1ccc(/C=C/C(=O)Nc2nnc(C(C)C)s2)cc1. The van der Waals surface area contributed by atoms with Crippen LogP contribution in [0.2, 0.25) is 0 Å². The largest absolute Gasteiger partial charge is 0.497 e. The van der Waals surface area contributed by atoms with Crippen LogP contribution in [0.5, 0.6) is 5.75 Å². The Kier molecular flexibility index (Phi) is 5.05. The number of nitrogens with zero attached hydrogens (tertiary/aromatic N) is 2. The standard InChI is InChI=1S/C15H17N3O2S/c1-10(2)14-17-18-15(21-14)16-13(19)9-6-11-4-7-12(20-3)8-5-11/h4-10H,1-3H3,(H,16,18,19)/b9-6+. The van der Waals surface area contributed by atoms with Gasteiger partial charge in [0, 0.05) is 12.0 Å². The highest BCUT2D eigenvalue weighted by Gasteiger charge is 2.08. The highest BCUT2D eigenvalue weighted by molar-refractivity contribution is 7.15. The van der Waals surface area contributed by atoms with Crippen LogP contribution in [0, 0.1) is 0 Å². The van der Waals surface area contributed by atoms with Crippen LogP contribution in [0.25, 0.3) is 6.08 Å². The lowest BCUT2D eigenvalue weighted by molar-refractivity contribution is -0.111. The van der Waals surface area contributed by atoms with Crippen LogP contribution < -0.4 is 10.1 Å². The molecule has 5 nitrogen and oxygen atoms in total. The van der Waals surface area contributed by atoms with Crippen LogP contribution in [0.3, 0.4) is 0 Å². The lowest BCUT2D eigenvalue weighted by atomic mass is 10.2. The van der Waals surface area contributed by atoms with Crippen molar-refractivity contribution < 1.29 is 9.53 Å². The number of methoxy groups -OCH3 is 1. The second-order valence-corrected chi connectivity index (χ2v) is 5.70. The second kappa shape index (κ2) is 6.99.